The Morgan fingerprint density at radius 1 is 0.909 bits per heavy atom. The van der Waals surface area contributed by atoms with Crippen LogP contribution < -0.4 is 10.7 Å². The Labute approximate surface area is 194 Å². The molecule has 1 aliphatic carbocycles. The zero-order valence-corrected chi connectivity index (χ0v) is 18.7. The summed E-state index contributed by atoms with van der Waals surface area (Å²) in [5.41, 5.74) is 2.52. The minimum absolute atomic E-state index is 0.196. The van der Waals surface area contributed by atoms with E-state index in [4.69, 9.17) is 0 Å². The van der Waals surface area contributed by atoms with E-state index in [0.717, 1.165) is 24.4 Å². The van der Waals surface area contributed by atoms with E-state index >= 15 is 0 Å². The van der Waals surface area contributed by atoms with Crippen LogP contribution in [0.5, 0.6) is 0 Å². The van der Waals surface area contributed by atoms with Crippen LogP contribution in [0.3, 0.4) is 0 Å². The first-order valence-corrected chi connectivity index (χ1v) is 11.9. The Morgan fingerprint density at radius 2 is 1.52 bits per heavy atom. The molecule has 0 radical (unpaired) electrons. The fourth-order valence-corrected chi connectivity index (χ4v) is 5.83. The van der Waals surface area contributed by atoms with Crippen LogP contribution in [0.25, 0.3) is 0 Å². The van der Waals surface area contributed by atoms with Crippen molar-refractivity contribution in [1.82, 2.24) is 20.7 Å². The van der Waals surface area contributed by atoms with Crippen molar-refractivity contribution in [2.45, 2.75) is 50.1 Å². The molecule has 0 aromatic heterocycles. The molecule has 2 atom stereocenters. The van der Waals surface area contributed by atoms with Gasteiger partial charge in [-0.2, -0.15) is 5.01 Å². The zero-order valence-electron chi connectivity index (χ0n) is 18.7. The van der Waals surface area contributed by atoms with Crippen molar-refractivity contribution >= 4 is 17.8 Å². The second-order valence-electron chi connectivity index (χ2n) is 9.31. The molecular formula is C26H30N4O3. The van der Waals surface area contributed by atoms with E-state index in [1.807, 2.05) is 60.7 Å². The number of likely N-dealkylation sites (tertiary alicyclic amines) is 1. The molecule has 2 aliphatic heterocycles. The molecule has 3 aliphatic rings. The number of rotatable bonds is 5. The number of nitrogens with one attached hydrogen (secondary N) is 2. The van der Waals surface area contributed by atoms with Crippen LogP contribution in [-0.2, 0) is 15.1 Å². The summed E-state index contributed by atoms with van der Waals surface area (Å²) in [6, 6.07) is 18.1. The molecule has 2 aromatic carbocycles. The van der Waals surface area contributed by atoms with Crippen molar-refractivity contribution in [3.63, 3.8) is 0 Å². The van der Waals surface area contributed by atoms with Gasteiger partial charge in [0, 0.05) is 6.04 Å². The summed E-state index contributed by atoms with van der Waals surface area (Å²) in [5.74, 6) is -0.185. The van der Waals surface area contributed by atoms with Crippen molar-refractivity contribution in [3.8, 4) is 0 Å². The van der Waals surface area contributed by atoms with Crippen LogP contribution in [0, 0.1) is 5.92 Å². The van der Waals surface area contributed by atoms with Gasteiger partial charge in [-0.25, -0.2) is 4.79 Å². The Balaban J connectivity index is 1.37. The first kappa shape index (κ1) is 21.6. The normalized spacial score (nSPS) is 24.8. The Bertz CT molecular complexity index is 985. The summed E-state index contributed by atoms with van der Waals surface area (Å²) in [5, 5.41) is 3.72. The van der Waals surface area contributed by atoms with Crippen molar-refractivity contribution in [3.05, 3.63) is 71.8 Å². The third-order valence-electron chi connectivity index (χ3n) is 7.38. The van der Waals surface area contributed by atoms with Crippen molar-refractivity contribution in [2.75, 3.05) is 13.1 Å². The molecule has 1 saturated carbocycles. The number of piperidine rings is 1. The number of hydrazine groups is 1. The topological polar surface area (TPSA) is 81.8 Å². The van der Waals surface area contributed by atoms with Crippen LogP contribution in [0.2, 0.25) is 0 Å². The third-order valence-corrected chi connectivity index (χ3v) is 7.38. The number of carbonyl (C=O) groups is 3. The second kappa shape index (κ2) is 8.98. The van der Waals surface area contributed by atoms with Crippen LogP contribution in [-0.4, -0.2) is 46.9 Å². The Kier molecular flexibility index (Phi) is 5.89. The molecular weight excluding hydrogens is 416 g/mol. The van der Waals surface area contributed by atoms with Gasteiger partial charge >= 0.3 is 6.03 Å². The Hall–Kier alpha value is -3.19. The first-order valence-electron chi connectivity index (χ1n) is 11.9. The summed E-state index contributed by atoms with van der Waals surface area (Å²) in [6.45, 7) is 1.08. The quantitative estimate of drug-likeness (QED) is 0.692. The average Bonchev–Trinajstić information content (AvgIpc) is 3.11. The van der Waals surface area contributed by atoms with E-state index in [1.165, 1.54) is 25.7 Å². The molecule has 2 heterocycles. The van der Waals surface area contributed by atoms with Crippen molar-refractivity contribution in [2.24, 2.45) is 5.92 Å². The van der Waals surface area contributed by atoms with E-state index in [-0.39, 0.29) is 12.5 Å². The highest BCUT2D eigenvalue weighted by atomic mass is 16.2. The maximum absolute atomic E-state index is 13.7. The maximum Gasteiger partial charge on any atom is 0.344 e. The SMILES string of the molecule is O=C(CN1CCC[C@@H]2CCCC[C@H]21)NN1C(=O)NC(c2ccccc2)(c2ccccc2)C1=O. The number of benzene rings is 2. The summed E-state index contributed by atoms with van der Waals surface area (Å²) < 4.78 is 0. The predicted molar refractivity (Wildman–Crippen MR) is 124 cm³/mol. The van der Waals surface area contributed by atoms with Crippen LogP contribution >= 0.6 is 0 Å². The summed E-state index contributed by atoms with van der Waals surface area (Å²) >= 11 is 0. The largest absolute Gasteiger partial charge is 0.344 e. The van der Waals surface area contributed by atoms with Gasteiger partial charge in [-0.15, -0.1) is 0 Å². The smallest absolute Gasteiger partial charge is 0.314 e. The van der Waals surface area contributed by atoms with Crippen LogP contribution in [0.4, 0.5) is 4.79 Å². The number of amides is 4. The average molecular weight is 447 g/mol. The van der Waals surface area contributed by atoms with Gasteiger partial charge in [-0.1, -0.05) is 73.5 Å². The fourth-order valence-electron chi connectivity index (χ4n) is 5.83. The summed E-state index contributed by atoms with van der Waals surface area (Å²) in [4.78, 5) is 41.9. The number of nitrogens with zero attached hydrogens (tertiary/aromatic N) is 2. The third kappa shape index (κ3) is 3.91. The lowest BCUT2D eigenvalue weighted by Gasteiger charge is -2.43. The molecule has 0 bridgehead atoms. The van der Waals surface area contributed by atoms with E-state index in [9.17, 15) is 14.4 Å². The highest BCUT2D eigenvalue weighted by Crippen LogP contribution is 2.36. The van der Waals surface area contributed by atoms with Gasteiger partial charge in [0.25, 0.3) is 11.8 Å². The molecule has 0 unspecified atom stereocenters. The molecule has 2 aromatic rings. The predicted octanol–water partition coefficient (Wildman–Crippen LogP) is 3.17. The number of urea groups is 1. The highest BCUT2D eigenvalue weighted by Gasteiger charge is 2.54. The van der Waals surface area contributed by atoms with Crippen molar-refractivity contribution < 1.29 is 14.4 Å². The second-order valence-corrected chi connectivity index (χ2v) is 9.31. The number of hydrogen-bond donors (Lipinski definition) is 2. The molecule has 7 nitrogen and oxygen atoms in total. The van der Waals surface area contributed by atoms with Gasteiger partial charge in [-0.3, -0.25) is 19.9 Å². The van der Waals surface area contributed by atoms with E-state index in [2.05, 4.69) is 15.6 Å². The standard InChI is InChI=1S/C26H30N4O3/c31-23(18-29-17-9-11-19-10-7-8-16-22(19)29)28-30-24(32)26(27-25(30)33,20-12-3-1-4-13-20)21-14-5-2-6-15-21/h1-6,12-15,19,22H,7-11,16-18H2,(H,27,33)(H,28,31)/t19-,22+/m0/s1. The van der Waals surface area contributed by atoms with E-state index in [0.29, 0.717) is 23.1 Å². The van der Waals surface area contributed by atoms with Gasteiger partial charge < -0.3 is 5.32 Å². The fraction of sp³-hybridized carbons (Fsp3) is 0.423. The lowest BCUT2D eigenvalue weighted by atomic mass is 9.78. The van der Waals surface area contributed by atoms with E-state index < -0.39 is 17.5 Å². The Morgan fingerprint density at radius 3 is 2.18 bits per heavy atom. The molecule has 2 N–H and O–H groups in total. The number of fused-ring (bicyclic) bond motifs is 1. The molecule has 3 fully saturated rings. The lowest BCUT2D eigenvalue weighted by molar-refractivity contribution is -0.139. The first-order chi connectivity index (χ1) is 16.1. The summed E-state index contributed by atoms with van der Waals surface area (Å²) in [6.07, 6.45) is 7.13. The monoisotopic (exact) mass is 446 g/mol. The zero-order chi connectivity index (χ0) is 22.8. The molecule has 2 saturated heterocycles. The molecule has 4 amide bonds. The molecule has 7 heteroatoms. The number of hydrogen-bond acceptors (Lipinski definition) is 4. The maximum atomic E-state index is 13.7. The highest BCUT2D eigenvalue weighted by molar-refractivity contribution is 6.10. The van der Waals surface area contributed by atoms with E-state index in [1.54, 1.807) is 0 Å². The minimum Gasteiger partial charge on any atom is -0.314 e. The van der Waals surface area contributed by atoms with Gasteiger partial charge in [-0.05, 0) is 49.3 Å². The van der Waals surface area contributed by atoms with Gasteiger partial charge in [0.05, 0.1) is 6.54 Å². The van der Waals surface area contributed by atoms with Crippen molar-refractivity contribution in [1.29, 1.82) is 0 Å². The van der Waals surface area contributed by atoms with Crippen LogP contribution in [0.15, 0.2) is 60.7 Å². The molecule has 0 spiro atoms. The molecule has 5 rings (SSSR count). The lowest BCUT2D eigenvalue weighted by Crippen LogP contribution is -2.54. The number of imide groups is 1. The van der Waals surface area contributed by atoms with Gasteiger partial charge in [0.2, 0.25) is 0 Å². The molecule has 172 valence electrons. The molecule has 33 heavy (non-hydrogen) atoms. The van der Waals surface area contributed by atoms with Gasteiger partial charge in [0.15, 0.2) is 5.54 Å². The van der Waals surface area contributed by atoms with Crippen LogP contribution in [0.1, 0.15) is 49.7 Å². The summed E-state index contributed by atoms with van der Waals surface area (Å²) in [7, 11) is 0. The van der Waals surface area contributed by atoms with Gasteiger partial charge in [0.1, 0.15) is 0 Å². The number of carbonyl (C=O) groups excluding carboxylic acids is 3. The minimum atomic E-state index is -1.38.